The number of methoxy groups -OCH3 is 2. The third-order valence-electron chi connectivity index (χ3n) is 6.31. The molecule has 1 aliphatic rings. The SMILES string of the molecule is COC(=O)C1=C(C)N=c2s/c(=C\c3ccc(-c4cc(Cl)c([N+](=O)[O-])cc4Cl)o3)c(=O)n2[C@H]1c1cc(Cl)ccc1OC. The number of esters is 1. The van der Waals surface area contributed by atoms with E-state index in [9.17, 15) is 19.7 Å². The summed E-state index contributed by atoms with van der Waals surface area (Å²) in [5.41, 5.74) is 0.589. The molecule has 5 rings (SSSR count). The number of benzene rings is 2. The van der Waals surface area contributed by atoms with E-state index in [0.29, 0.717) is 38.2 Å². The maximum Gasteiger partial charge on any atom is 0.338 e. The van der Waals surface area contributed by atoms with Gasteiger partial charge in [0.1, 0.15) is 28.3 Å². The van der Waals surface area contributed by atoms with Crippen LogP contribution in [0.4, 0.5) is 5.69 Å². The number of allylic oxidation sites excluding steroid dienone is 1. The van der Waals surface area contributed by atoms with Crippen molar-refractivity contribution in [3.05, 3.63) is 110 Å². The van der Waals surface area contributed by atoms with Crippen molar-refractivity contribution in [3.63, 3.8) is 0 Å². The lowest BCUT2D eigenvalue weighted by Crippen LogP contribution is -2.40. The van der Waals surface area contributed by atoms with Gasteiger partial charge in [-0.15, -0.1) is 0 Å². The topological polar surface area (TPSA) is 126 Å². The third kappa shape index (κ3) is 5.17. The van der Waals surface area contributed by atoms with Crippen LogP contribution in [0.3, 0.4) is 0 Å². The predicted octanol–water partition coefficient (Wildman–Crippen LogP) is 5.55. The van der Waals surface area contributed by atoms with Crippen molar-refractivity contribution in [2.45, 2.75) is 13.0 Å². The Bertz CT molecular complexity index is 1960. The summed E-state index contributed by atoms with van der Waals surface area (Å²) in [6, 6.07) is 9.69. The lowest BCUT2D eigenvalue weighted by atomic mass is 9.95. The van der Waals surface area contributed by atoms with Crippen LogP contribution in [0.1, 0.15) is 24.3 Å². The molecule has 0 unspecified atom stereocenters. The summed E-state index contributed by atoms with van der Waals surface area (Å²) in [5.74, 6) is 0.356. The molecule has 0 fully saturated rings. The van der Waals surface area contributed by atoms with Gasteiger partial charge < -0.3 is 13.9 Å². The van der Waals surface area contributed by atoms with Gasteiger partial charge in [0.2, 0.25) is 0 Å². The summed E-state index contributed by atoms with van der Waals surface area (Å²) in [7, 11) is 2.72. The Morgan fingerprint density at radius 2 is 1.90 bits per heavy atom. The van der Waals surface area contributed by atoms with Crippen LogP contribution < -0.4 is 19.6 Å². The number of aromatic nitrogens is 1. The van der Waals surface area contributed by atoms with E-state index in [2.05, 4.69) is 4.99 Å². The fourth-order valence-corrected chi connectivity index (χ4v) is 6.17. The van der Waals surface area contributed by atoms with E-state index < -0.39 is 22.5 Å². The second-order valence-corrected chi connectivity index (χ2v) is 11.0. The number of ether oxygens (including phenoxy) is 2. The molecule has 4 aromatic rings. The molecule has 0 amide bonds. The molecule has 3 heterocycles. The van der Waals surface area contributed by atoms with Gasteiger partial charge in [0.15, 0.2) is 4.80 Å². The lowest BCUT2D eigenvalue weighted by molar-refractivity contribution is -0.384. The first-order valence-corrected chi connectivity index (χ1v) is 13.7. The number of halogens is 3. The second-order valence-electron chi connectivity index (χ2n) is 8.70. The van der Waals surface area contributed by atoms with E-state index in [1.54, 1.807) is 37.3 Å². The van der Waals surface area contributed by atoms with Crippen LogP contribution in [-0.4, -0.2) is 29.7 Å². The van der Waals surface area contributed by atoms with Gasteiger partial charge >= 0.3 is 5.97 Å². The molecule has 2 aromatic heterocycles. The maximum absolute atomic E-state index is 13.8. The highest BCUT2D eigenvalue weighted by Crippen LogP contribution is 2.38. The first kappa shape index (κ1) is 28.6. The molecule has 2 aromatic carbocycles. The fourth-order valence-electron chi connectivity index (χ4n) is 4.48. The Labute approximate surface area is 250 Å². The van der Waals surface area contributed by atoms with Crippen molar-refractivity contribution in [3.8, 4) is 17.1 Å². The summed E-state index contributed by atoms with van der Waals surface area (Å²) in [5, 5.41) is 11.5. The van der Waals surface area contributed by atoms with E-state index in [0.717, 1.165) is 17.4 Å². The molecule has 0 saturated heterocycles. The summed E-state index contributed by atoms with van der Waals surface area (Å²) >= 11 is 19.7. The van der Waals surface area contributed by atoms with E-state index in [-0.39, 0.29) is 31.6 Å². The second kappa shape index (κ2) is 11.2. The van der Waals surface area contributed by atoms with Gasteiger partial charge in [-0.3, -0.25) is 19.5 Å². The van der Waals surface area contributed by atoms with Gasteiger partial charge in [0.25, 0.3) is 11.2 Å². The first-order chi connectivity index (χ1) is 19.5. The number of thiazole rings is 1. The van der Waals surface area contributed by atoms with Crippen LogP contribution in [0.15, 0.2) is 67.9 Å². The third-order valence-corrected chi connectivity index (χ3v) is 8.15. The Balaban J connectivity index is 1.66. The molecular weight excluding hydrogens is 617 g/mol. The normalized spacial score (nSPS) is 15.0. The number of carbonyl (C=O) groups excluding carboxylic acids is 1. The van der Waals surface area contributed by atoms with Gasteiger partial charge in [0, 0.05) is 28.3 Å². The largest absolute Gasteiger partial charge is 0.496 e. The Hall–Kier alpha value is -3.90. The number of carbonyl (C=O) groups is 1. The smallest absolute Gasteiger partial charge is 0.338 e. The fraction of sp³-hybridized carbons (Fsp3) is 0.148. The summed E-state index contributed by atoms with van der Waals surface area (Å²) in [6.07, 6.45) is 1.53. The minimum Gasteiger partial charge on any atom is -0.496 e. The monoisotopic (exact) mass is 633 g/mol. The molecule has 0 bridgehead atoms. The highest BCUT2D eigenvalue weighted by molar-refractivity contribution is 7.07. The number of nitrogens with zero attached hydrogens (tertiary/aromatic N) is 3. The number of fused-ring (bicyclic) bond motifs is 1. The lowest BCUT2D eigenvalue weighted by Gasteiger charge is -2.25. The first-order valence-electron chi connectivity index (χ1n) is 11.7. The number of hydrogen-bond donors (Lipinski definition) is 0. The molecule has 0 saturated carbocycles. The summed E-state index contributed by atoms with van der Waals surface area (Å²) in [6.45, 7) is 1.66. The van der Waals surface area contributed by atoms with Crippen molar-refractivity contribution in [1.82, 2.24) is 4.57 Å². The van der Waals surface area contributed by atoms with Gasteiger partial charge in [-0.1, -0.05) is 46.1 Å². The molecule has 1 aliphatic heterocycles. The van der Waals surface area contributed by atoms with Crippen LogP contribution >= 0.6 is 46.1 Å². The Morgan fingerprint density at radius 1 is 1.15 bits per heavy atom. The molecule has 0 radical (unpaired) electrons. The van der Waals surface area contributed by atoms with Crippen LogP contribution in [-0.2, 0) is 9.53 Å². The summed E-state index contributed by atoms with van der Waals surface area (Å²) < 4.78 is 18.1. The van der Waals surface area contributed by atoms with E-state index in [1.807, 2.05) is 0 Å². The highest BCUT2D eigenvalue weighted by Gasteiger charge is 2.35. The zero-order valence-corrected chi connectivity index (χ0v) is 24.5. The molecule has 14 heteroatoms. The van der Waals surface area contributed by atoms with Crippen LogP contribution in [0.5, 0.6) is 5.75 Å². The molecule has 0 N–H and O–H groups in total. The van der Waals surface area contributed by atoms with Crippen LogP contribution in [0.2, 0.25) is 15.1 Å². The molecular formula is C27H18Cl3N3O7S. The average Bonchev–Trinajstić information content (AvgIpc) is 3.52. The van der Waals surface area contributed by atoms with E-state index >= 15 is 0 Å². The molecule has 0 aliphatic carbocycles. The Kier molecular flexibility index (Phi) is 7.80. The van der Waals surface area contributed by atoms with Crippen molar-refractivity contribution in [2.75, 3.05) is 14.2 Å². The quantitative estimate of drug-likeness (QED) is 0.155. The van der Waals surface area contributed by atoms with Gasteiger partial charge in [-0.25, -0.2) is 9.79 Å². The van der Waals surface area contributed by atoms with Crippen molar-refractivity contribution in [2.24, 2.45) is 4.99 Å². The number of nitro groups is 1. The average molecular weight is 635 g/mol. The Morgan fingerprint density at radius 3 is 2.59 bits per heavy atom. The van der Waals surface area contributed by atoms with E-state index in [4.69, 9.17) is 48.7 Å². The molecule has 10 nitrogen and oxygen atoms in total. The van der Waals surface area contributed by atoms with Crippen molar-refractivity contribution in [1.29, 1.82) is 0 Å². The van der Waals surface area contributed by atoms with Crippen molar-refractivity contribution < 1.29 is 23.6 Å². The van der Waals surface area contributed by atoms with Gasteiger partial charge in [-0.05, 0) is 43.3 Å². The maximum atomic E-state index is 13.8. The van der Waals surface area contributed by atoms with Gasteiger partial charge in [0.05, 0.1) is 40.0 Å². The predicted molar refractivity (Wildman–Crippen MR) is 155 cm³/mol. The molecule has 0 spiro atoms. The highest BCUT2D eigenvalue weighted by atomic mass is 35.5. The van der Waals surface area contributed by atoms with Crippen LogP contribution in [0, 0.1) is 10.1 Å². The van der Waals surface area contributed by atoms with Crippen LogP contribution in [0.25, 0.3) is 17.4 Å². The number of hydrogen-bond acceptors (Lipinski definition) is 9. The standard InChI is InChI=1S/C27H18Cl3N3O7S/c1-12-23(26(35)39-3)24(16-8-13(28)4-6-20(16)38-2)32-25(34)22(41-27(32)31-12)9-14-5-7-21(40-14)15-10-18(30)19(33(36)37)11-17(15)29/h4-11,24H,1-3H3/b22-9-/t24-/m0/s1. The number of rotatable bonds is 6. The molecule has 210 valence electrons. The molecule has 41 heavy (non-hydrogen) atoms. The summed E-state index contributed by atoms with van der Waals surface area (Å²) in [4.78, 5) is 42.1. The number of furan rings is 1. The zero-order valence-electron chi connectivity index (χ0n) is 21.4. The van der Waals surface area contributed by atoms with E-state index in [1.165, 1.54) is 30.9 Å². The minimum atomic E-state index is -0.928. The number of nitro benzene ring substituents is 1. The van der Waals surface area contributed by atoms with Crippen molar-refractivity contribution >= 4 is 63.9 Å². The zero-order chi connectivity index (χ0) is 29.6. The molecule has 1 atom stereocenters. The van der Waals surface area contributed by atoms with Gasteiger partial charge in [-0.2, -0.15) is 0 Å². The minimum absolute atomic E-state index is 0.0719.